The third-order valence-electron chi connectivity index (χ3n) is 4.55. The van der Waals surface area contributed by atoms with Gasteiger partial charge in [-0.15, -0.1) is 0 Å². The lowest BCUT2D eigenvalue weighted by Crippen LogP contribution is -2.48. The predicted octanol–water partition coefficient (Wildman–Crippen LogP) is 2.44. The monoisotopic (exact) mass is 358 g/mol. The van der Waals surface area contributed by atoms with E-state index in [-0.39, 0.29) is 11.7 Å². The van der Waals surface area contributed by atoms with Crippen molar-refractivity contribution in [1.29, 1.82) is 0 Å². The van der Waals surface area contributed by atoms with Gasteiger partial charge in [0.1, 0.15) is 11.8 Å². The maximum atomic E-state index is 12.7. The number of benzene rings is 1. The highest BCUT2D eigenvalue weighted by atomic mass is 16.5. The molecule has 2 aromatic rings. The quantitative estimate of drug-likeness (QED) is 0.764. The average Bonchev–Trinajstić information content (AvgIpc) is 3.16. The minimum Gasteiger partial charge on any atom is -0.497 e. The molecule has 26 heavy (non-hydrogen) atoms. The van der Waals surface area contributed by atoms with Crippen molar-refractivity contribution in [2.24, 2.45) is 0 Å². The first-order chi connectivity index (χ1) is 12.6. The van der Waals surface area contributed by atoms with E-state index in [1.807, 2.05) is 24.3 Å². The number of amides is 1. The molecule has 0 bridgehead atoms. The lowest BCUT2D eigenvalue weighted by Gasteiger charge is -2.32. The summed E-state index contributed by atoms with van der Waals surface area (Å²) < 4.78 is 15.2. The highest BCUT2D eigenvalue weighted by Gasteiger charge is 2.34. The van der Waals surface area contributed by atoms with E-state index >= 15 is 0 Å². The highest BCUT2D eigenvalue weighted by molar-refractivity contribution is 5.94. The molecule has 0 unspecified atom stereocenters. The molecule has 1 fully saturated rings. The van der Waals surface area contributed by atoms with Gasteiger partial charge in [0.2, 0.25) is 5.76 Å². The van der Waals surface area contributed by atoms with Gasteiger partial charge in [0.15, 0.2) is 0 Å². The number of likely N-dealkylation sites (tertiary alicyclic amines) is 1. The van der Waals surface area contributed by atoms with Crippen LogP contribution >= 0.6 is 0 Å². The van der Waals surface area contributed by atoms with Crippen LogP contribution in [0.3, 0.4) is 0 Å². The molecular formula is C19H22N2O5. The summed E-state index contributed by atoms with van der Waals surface area (Å²) in [5.41, 5.74) is 1.69. The smallest absolute Gasteiger partial charge is 0.328 e. The molecule has 2 heterocycles. The zero-order valence-electron chi connectivity index (χ0n) is 14.9. The average molecular weight is 358 g/mol. The van der Waals surface area contributed by atoms with Gasteiger partial charge in [-0.25, -0.2) is 4.79 Å². The summed E-state index contributed by atoms with van der Waals surface area (Å²) in [5, 5.41) is 3.99. The van der Waals surface area contributed by atoms with Gasteiger partial charge >= 0.3 is 5.97 Å². The fourth-order valence-corrected chi connectivity index (χ4v) is 3.15. The van der Waals surface area contributed by atoms with Gasteiger partial charge in [0, 0.05) is 19.0 Å². The SMILES string of the molecule is COC(=O)[C@@H]1CCCCN1C(=O)c1cc(Cc2ccc(OC)cc2)no1. The molecule has 3 rings (SSSR count). The molecular weight excluding hydrogens is 336 g/mol. The van der Waals surface area contributed by atoms with Gasteiger partial charge in [-0.1, -0.05) is 17.3 Å². The standard InChI is InChI=1S/C19H22N2O5/c1-24-15-8-6-13(7-9-15)11-14-12-17(26-20-14)18(22)21-10-4-3-5-16(21)19(23)25-2/h6-9,12,16H,3-5,10-11H2,1-2H3/t16-/m0/s1. The predicted molar refractivity (Wildman–Crippen MR) is 93.0 cm³/mol. The van der Waals surface area contributed by atoms with E-state index in [9.17, 15) is 9.59 Å². The number of carbonyl (C=O) groups is 2. The Balaban J connectivity index is 1.71. The molecule has 1 aromatic heterocycles. The Morgan fingerprint density at radius 2 is 2.00 bits per heavy atom. The van der Waals surface area contributed by atoms with E-state index in [1.165, 1.54) is 12.0 Å². The topological polar surface area (TPSA) is 81.9 Å². The Morgan fingerprint density at radius 3 is 2.69 bits per heavy atom. The Kier molecular flexibility index (Phi) is 5.55. The van der Waals surface area contributed by atoms with Gasteiger partial charge in [-0.3, -0.25) is 4.79 Å². The molecule has 1 aliphatic heterocycles. The van der Waals surface area contributed by atoms with Crippen LogP contribution in [0.4, 0.5) is 0 Å². The number of rotatable bonds is 5. The second-order valence-electron chi connectivity index (χ2n) is 6.24. The first-order valence-electron chi connectivity index (χ1n) is 8.59. The second kappa shape index (κ2) is 8.03. The summed E-state index contributed by atoms with van der Waals surface area (Å²) in [7, 11) is 2.95. The molecule has 0 radical (unpaired) electrons. The van der Waals surface area contributed by atoms with E-state index in [0.29, 0.717) is 25.1 Å². The molecule has 1 aliphatic rings. The summed E-state index contributed by atoms with van der Waals surface area (Å²) in [6, 6.07) is 8.69. The van der Waals surface area contributed by atoms with Crippen LogP contribution in [0.1, 0.15) is 41.1 Å². The minimum atomic E-state index is -0.559. The van der Waals surface area contributed by atoms with Gasteiger partial charge < -0.3 is 18.9 Å². The van der Waals surface area contributed by atoms with E-state index in [2.05, 4.69) is 5.16 Å². The van der Waals surface area contributed by atoms with Crippen molar-refractivity contribution >= 4 is 11.9 Å². The number of piperidine rings is 1. The molecule has 1 amide bonds. The van der Waals surface area contributed by atoms with Crippen LogP contribution in [0.2, 0.25) is 0 Å². The highest BCUT2D eigenvalue weighted by Crippen LogP contribution is 2.22. The Labute approximate surface area is 151 Å². The number of ether oxygens (including phenoxy) is 2. The Morgan fingerprint density at radius 1 is 1.23 bits per heavy atom. The van der Waals surface area contributed by atoms with Crippen molar-refractivity contribution in [1.82, 2.24) is 10.1 Å². The molecule has 0 N–H and O–H groups in total. The molecule has 1 saturated heterocycles. The van der Waals surface area contributed by atoms with E-state index in [1.54, 1.807) is 13.2 Å². The number of hydrogen-bond donors (Lipinski definition) is 0. The van der Waals surface area contributed by atoms with Crippen LogP contribution in [0.15, 0.2) is 34.9 Å². The first kappa shape index (κ1) is 18.0. The van der Waals surface area contributed by atoms with E-state index in [0.717, 1.165) is 24.2 Å². The fraction of sp³-hybridized carbons (Fsp3) is 0.421. The van der Waals surface area contributed by atoms with Crippen molar-refractivity contribution in [2.45, 2.75) is 31.7 Å². The fourth-order valence-electron chi connectivity index (χ4n) is 3.15. The van der Waals surface area contributed by atoms with E-state index < -0.39 is 12.0 Å². The van der Waals surface area contributed by atoms with Gasteiger partial charge in [-0.05, 0) is 37.0 Å². The van der Waals surface area contributed by atoms with E-state index in [4.69, 9.17) is 14.0 Å². The van der Waals surface area contributed by atoms with Crippen molar-refractivity contribution in [2.75, 3.05) is 20.8 Å². The van der Waals surface area contributed by atoms with Crippen molar-refractivity contribution in [3.63, 3.8) is 0 Å². The van der Waals surface area contributed by atoms with Crippen molar-refractivity contribution in [3.05, 3.63) is 47.3 Å². The van der Waals surface area contributed by atoms with Gasteiger partial charge in [0.05, 0.1) is 19.9 Å². The maximum absolute atomic E-state index is 12.7. The normalized spacial score (nSPS) is 17.0. The van der Waals surface area contributed by atoms with Crippen LogP contribution in [-0.2, 0) is 16.0 Å². The minimum absolute atomic E-state index is 0.143. The number of methoxy groups -OCH3 is 2. The number of nitrogens with zero attached hydrogens (tertiary/aromatic N) is 2. The first-order valence-corrected chi connectivity index (χ1v) is 8.59. The summed E-state index contributed by atoms with van der Waals surface area (Å²) in [5.74, 6) is 0.206. The molecule has 1 atom stereocenters. The third kappa shape index (κ3) is 3.87. The molecule has 0 spiro atoms. The van der Waals surface area contributed by atoms with Gasteiger partial charge in [-0.2, -0.15) is 0 Å². The van der Waals surface area contributed by atoms with Crippen molar-refractivity contribution < 1.29 is 23.6 Å². The summed E-state index contributed by atoms with van der Waals surface area (Å²) >= 11 is 0. The lowest BCUT2D eigenvalue weighted by atomic mass is 10.0. The molecule has 7 nitrogen and oxygen atoms in total. The summed E-state index contributed by atoms with van der Waals surface area (Å²) in [6.07, 6.45) is 2.89. The lowest BCUT2D eigenvalue weighted by molar-refractivity contribution is -0.147. The number of aromatic nitrogens is 1. The molecule has 138 valence electrons. The summed E-state index contributed by atoms with van der Waals surface area (Å²) in [4.78, 5) is 26.2. The Bertz CT molecular complexity index is 768. The maximum Gasteiger partial charge on any atom is 0.328 e. The largest absolute Gasteiger partial charge is 0.497 e. The third-order valence-corrected chi connectivity index (χ3v) is 4.55. The molecule has 0 aliphatic carbocycles. The zero-order chi connectivity index (χ0) is 18.5. The molecule has 1 aromatic carbocycles. The van der Waals surface area contributed by atoms with Crippen LogP contribution in [0.5, 0.6) is 5.75 Å². The van der Waals surface area contributed by atoms with Crippen LogP contribution in [0.25, 0.3) is 0 Å². The van der Waals surface area contributed by atoms with Crippen LogP contribution < -0.4 is 4.74 Å². The summed E-state index contributed by atoms with van der Waals surface area (Å²) in [6.45, 7) is 0.507. The van der Waals surface area contributed by atoms with Gasteiger partial charge in [0.25, 0.3) is 5.91 Å². The van der Waals surface area contributed by atoms with Crippen molar-refractivity contribution in [3.8, 4) is 5.75 Å². The Hall–Kier alpha value is -2.83. The molecule has 7 heteroatoms. The van der Waals surface area contributed by atoms with Crippen LogP contribution in [-0.4, -0.2) is 48.7 Å². The number of hydrogen-bond acceptors (Lipinski definition) is 6. The number of carbonyl (C=O) groups excluding carboxylic acids is 2. The second-order valence-corrected chi connectivity index (χ2v) is 6.24. The molecule has 0 saturated carbocycles. The number of esters is 1. The zero-order valence-corrected chi connectivity index (χ0v) is 14.9. The van der Waals surface area contributed by atoms with Crippen LogP contribution in [0, 0.1) is 0 Å².